The van der Waals surface area contributed by atoms with Gasteiger partial charge in [-0.25, -0.2) is 4.79 Å². The van der Waals surface area contributed by atoms with Gasteiger partial charge in [-0.3, -0.25) is 4.79 Å². The van der Waals surface area contributed by atoms with Crippen LogP contribution in [-0.4, -0.2) is 53.1 Å². The molecule has 1 aliphatic rings. The van der Waals surface area contributed by atoms with Crippen LogP contribution < -0.4 is 5.32 Å². The molecule has 1 heterocycles. The summed E-state index contributed by atoms with van der Waals surface area (Å²) in [7, 11) is 1.76. The molecule has 0 aliphatic carbocycles. The maximum absolute atomic E-state index is 11.5. The maximum Gasteiger partial charge on any atom is 0.327 e. The molecule has 1 atom stereocenters. The van der Waals surface area contributed by atoms with E-state index in [1.54, 1.807) is 7.05 Å². The molecule has 0 aromatic rings. The van der Waals surface area contributed by atoms with Crippen LogP contribution in [0.15, 0.2) is 0 Å². The van der Waals surface area contributed by atoms with Gasteiger partial charge in [-0.1, -0.05) is 0 Å². The predicted molar refractivity (Wildman–Crippen MR) is 54.1 cm³/mol. The van der Waals surface area contributed by atoms with E-state index in [0.717, 1.165) is 0 Å². The molecule has 1 amide bonds. The van der Waals surface area contributed by atoms with Gasteiger partial charge in [-0.2, -0.15) is 0 Å². The van der Waals surface area contributed by atoms with E-state index in [9.17, 15) is 9.59 Å². The summed E-state index contributed by atoms with van der Waals surface area (Å²) in [5.74, 6) is 0.00436. The normalized spacial score (nSPS) is 21.2. The Morgan fingerprint density at radius 3 is 2.93 bits per heavy atom. The highest BCUT2D eigenvalue weighted by Crippen LogP contribution is 2.21. The number of hydrogen-bond acceptors (Lipinski definition) is 4. The van der Waals surface area contributed by atoms with Crippen LogP contribution in [0.2, 0.25) is 0 Å². The van der Waals surface area contributed by atoms with Gasteiger partial charge in [0.25, 0.3) is 0 Å². The average Bonchev–Trinajstić information content (AvgIpc) is 2.62. The van der Waals surface area contributed by atoms with Gasteiger partial charge in [0.1, 0.15) is 6.04 Å². The number of nitrogens with one attached hydrogen (secondary N) is 1. The molecule has 1 aliphatic heterocycles. The zero-order valence-corrected chi connectivity index (χ0v) is 8.84. The van der Waals surface area contributed by atoms with Crippen molar-refractivity contribution in [3.63, 3.8) is 0 Å². The topological polar surface area (TPSA) is 69.6 Å². The van der Waals surface area contributed by atoms with Gasteiger partial charge in [-0.15, -0.1) is 11.8 Å². The Morgan fingerprint density at radius 1 is 1.64 bits per heavy atom. The first-order valence-electron chi connectivity index (χ1n) is 4.41. The lowest BCUT2D eigenvalue weighted by Gasteiger charge is -2.20. The molecule has 14 heavy (non-hydrogen) atoms. The molecule has 0 bridgehead atoms. The minimum absolute atomic E-state index is 0.0863. The fourth-order valence-electron chi connectivity index (χ4n) is 1.27. The lowest BCUT2D eigenvalue weighted by atomic mass is 10.2. The number of hydrogen-bond donors (Lipinski definition) is 2. The second-order valence-corrected chi connectivity index (χ2v) is 4.07. The molecule has 0 spiro atoms. The van der Waals surface area contributed by atoms with E-state index >= 15 is 0 Å². The summed E-state index contributed by atoms with van der Waals surface area (Å²) in [5.41, 5.74) is 0. The van der Waals surface area contributed by atoms with Crippen LogP contribution in [0.3, 0.4) is 0 Å². The Morgan fingerprint density at radius 2 is 2.36 bits per heavy atom. The molecule has 0 aromatic carbocycles. The molecule has 1 fully saturated rings. The molecule has 1 rings (SSSR count). The van der Waals surface area contributed by atoms with Crippen molar-refractivity contribution in [3.8, 4) is 0 Å². The third-order valence-corrected chi connectivity index (χ3v) is 3.09. The quantitative estimate of drug-likeness (QED) is 0.671. The van der Waals surface area contributed by atoms with Gasteiger partial charge < -0.3 is 15.3 Å². The van der Waals surface area contributed by atoms with Gasteiger partial charge >= 0.3 is 5.97 Å². The summed E-state index contributed by atoms with van der Waals surface area (Å²) in [4.78, 5) is 23.7. The Labute approximate surface area is 86.8 Å². The van der Waals surface area contributed by atoms with E-state index in [4.69, 9.17) is 5.11 Å². The first kappa shape index (κ1) is 11.3. The van der Waals surface area contributed by atoms with Gasteiger partial charge in [0.15, 0.2) is 0 Å². The summed E-state index contributed by atoms with van der Waals surface area (Å²) in [5, 5.41) is 11.7. The van der Waals surface area contributed by atoms with E-state index in [0.29, 0.717) is 24.6 Å². The number of rotatable bonds is 4. The number of carbonyl (C=O) groups is 2. The number of carbonyl (C=O) groups excluding carboxylic acids is 1. The Hall–Kier alpha value is -0.750. The van der Waals surface area contributed by atoms with E-state index < -0.39 is 12.0 Å². The molecular weight excluding hydrogens is 204 g/mol. The van der Waals surface area contributed by atoms with Gasteiger partial charge in [0.05, 0.1) is 5.88 Å². The smallest absolute Gasteiger partial charge is 0.327 e. The van der Waals surface area contributed by atoms with Crippen LogP contribution in [0.5, 0.6) is 0 Å². The highest BCUT2D eigenvalue weighted by molar-refractivity contribution is 7.99. The molecule has 0 aromatic heterocycles. The summed E-state index contributed by atoms with van der Waals surface area (Å²) in [6.45, 7) is 0.590. The zero-order chi connectivity index (χ0) is 10.6. The van der Waals surface area contributed by atoms with E-state index in [1.165, 1.54) is 16.7 Å². The first-order valence-corrected chi connectivity index (χ1v) is 5.57. The molecule has 6 heteroatoms. The standard InChI is InChI=1S/C8H14N2O3S/c1-9-3-2-7(11)10-5-14-4-6(10)8(12)13/h6,9H,2-5H2,1H3,(H,12,13)/t6-/m0/s1. The third kappa shape index (κ3) is 2.62. The van der Waals surface area contributed by atoms with Crippen LogP contribution in [-0.2, 0) is 9.59 Å². The average molecular weight is 218 g/mol. The molecule has 0 saturated carbocycles. The highest BCUT2D eigenvalue weighted by Gasteiger charge is 2.33. The summed E-state index contributed by atoms with van der Waals surface area (Å²) < 4.78 is 0. The number of aliphatic carboxylic acids is 1. The van der Waals surface area contributed by atoms with E-state index in [-0.39, 0.29) is 5.91 Å². The Kier molecular flexibility index (Phi) is 4.21. The summed E-state index contributed by atoms with van der Waals surface area (Å²) >= 11 is 1.48. The van der Waals surface area contributed by atoms with Crippen molar-refractivity contribution in [2.24, 2.45) is 0 Å². The van der Waals surface area contributed by atoms with E-state index in [2.05, 4.69) is 5.32 Å². The lowest BCUT2D eigenvalue weighted by molar-refractivity contribution is -0.147. The third-order valence-electron chi connectivity index (χ3n) is 2.08. The minimum atomic E-state index is -0.909. The van der Waals surface area contributed by atoms with Crippen molar-refractivity contribution in [2.75, 3.05) is 25.2 Å². The summed E-state index contributed by atoms with van der Waals surface area (Å²) in [6.07, 6.45) is 0.362. The van der Waals surface area contributed by atoms with Crippen molar-refractivity contribution >= 4 is 23.6 Å². The second-order valence-electron chi connectivity index (χ2n) is 3.07. The Bertz CT molecular complexity index is 235. The van der Waals surface area contributed by atoms with Gasteiger partial charge in [0, 0.05) is 18.7 Å². The molecule has 0 unspecified atom stereocenters. The predicted octanol–water partition coefficient (Wildman–Crippen LogP) is -0.418. The minimum Gasteiger partial charge on any atom is -0.480 e. The van der Waals surface area contributed by atoms with Crippen molar-refractivity contribution in [1.29, 1.82) is 0 Å². The maximum atomic E-state index is 11.5. The number of nitrogens with zero attached hydrogens (tertiary/aromatic N) is 1. The van der Waals surface area contributed by atoms with Crippen molar-refractivity contribution in [3.05, 3.63) is 0 Å². The van der Waals surface area contributed by atoms with Gasteiger partial charge in [-0.05, 0) is 7.05 Å². The summed E-state index contributed by atoms with van der Waals surface area (Å²) in [6, 6.07) is -0.635. The van der Waals surface area contributed by atoms with Crippen LogP contribution in [0, 0.1) is 0 Å². The first-order chi connectivity index (χ1) is 6.66. The molecule has 80 valence electrons. The number of thioether (sulfide) groups is 1. The molecule has 0 radical (unpaired) electrons. The SMILES string of the molecule is CNCCC(=O)N1CSC[C@H]1C(=O)O. The van der Waals surface area contributed by atoms with Crippen LogP contribution >= 0.6 is 11.8 Å². The Balaban J connectivity index is 2.49. The van der Waals surface area contributed by atoms with Crippen LogP contribution in [0.4, 0.5) is 0 Å². The van der Waals surface area contributed by atoms with Crippen molar-refractivity contribution in [2.45, 2.75) is 12.5 Å². The van der Waals surface area contributed by atoms with Crippen LogP contribution in [0.1, 0.15) is 6.42 Å². The number of carboxylic acids is 1. The molecule has 1 saturated heterocycles. The van der Waals surface area contributed by atoms with Crippen LogP contribution in [0.25, 0.3) is 0 Å². The molecule has 2 N–H and O–H groups in total. The fourth-order valence-corrected chi connectivity index (χ4v) is 2.44. The van der Waals surface area contributed by atoms with Crippen molar-refractivity contribution in [1.82, 2.24) is 10.2 Å². The van der Waals surface area contributed by atoms with E-state index in [1.807, 2.05) is 0 Å². The number of carboxylic acid groups (broad SMARTS) is 1. The largest absolute Gasteiger partial charge is 0.480 e. The lowest BCUT2D eigenvalue weighted by Crippen LogP contribution is -2.42. The monoisotopic (exact) mass is 218 g/mol. The second kappa shape index (κ2) is 5.21. The number of amides is 1. The highest BCUT2D eigenvalue weighted by atomic mass is 32.2. The van der Waals surface area contributed by atoms with Crippen molar-refractivity contribution < 1.29 is 14.7 Å². The molecule has 5 nitrogen and oxygen atoms in total. The fraction of sp³-hybridized carbons (Fsp3) is 0.750. The molecular formula is C8H14N2O3S. The zero-order valence-electron chi connectivity index (χ0n) is 8.02. The van der Waals surface area contributed by atoms with Gasteiger partial charge in [0.2, 0.25) is 5.91 Å².